The molecule has 0 radical (unpaired) electrons. The Morgan fingerprint density at radius 3 is 0.787 bits per heavy atom. The molecule has 0 N–H and O–H groups in total. The highest BCUT2D eigenvalue weighted by Crippen LogP contribution is 2.22. The van der Waals surface area contributed by atoms with Crippen LogP contribution >= 0.6 is 0 Å². The number of aryl methyl sites for hydroxylation is 6. The van der Waals surface area contributed by atoms with Crippen LogP contribution in [0.5, 0.6) is 0 Å². The van der Waals surface area contributed by atoms with Crippen molar-refractivity contribution in [2.45, 2.75) is 94.2 Å². The van der Waals surface area contributed by atoms with Gasteiger partial charge in [0.05, 0.1) is 46.2 Å². The Hall–Kier alpha value is -11.4. The second-order valence-corrected chi connectivity index (χ2v) is 31.8. The molecule has 0 aliphatic carbocycles. The van der Waals surface area contributed by atoms with Gasteiger partial charge in [-0.05, 0) is 259 Å². The van der Waals surface area contributed by atoms with Crippen molar-refractivity contribution in [1.29, 1.82) is 0 Å². The zero-order chi connectivity index (χ0) is 85.1. The highest BCUT2D eigenvalue weighted by Gasteiger charge is 2.37. The van der Waals surface area contributed by atoms with Crippen molar-refractivity contribution in [1.82, 2.24) is 0 Å². The molecule has 14 aromatic carbocycles. The molecular formula is C100H89B7F7NO7. The summed E-state index contributed by atoms with van der Waals surface area (Å²) in [5, 5.41) is 0. The minimum Gasteiger partial charge on any atom is -0.423 e. The SMILES string of the molecule is CCc1cccc(B2OCc3cc(F)ccc32)c1.CN(C)c1ccc(B2OCc3cc(F)ccc32)cc1.Cc1ccc(B2OCc3cc(F)ccc32)cc1.Cc1cccc(B2OCc3cc(F)ccc32)c1.Cc1cccc(B2OCc3cc(F)ccc32)c1.Cc1ccccc1B1OCc2cc(F)ccc21.Cc1ccccc1B1OCc2cc(F)ccc21. The lowest BCUT2D eigenvalue weighted by molar-refractivity contribution is 0.336. The average Bonchev–Trinajstić information content (AvgIpc) is 1.66. The molecule has 0 aromatic heterocycles. The number of nitrogens with zero attached hydrogens (tertiary/aromatic N) is 1. The fourth-order valence-electron chi connectivity index (χ4n) is 16.5. The van der Waals surface area contributed by atoms with Crippen molar-refractivity contribution in [3.63, 3.8) is 0 Å². The highest BCUT2D eigenvalue weighted by atomic mass is 19.2. The minimum atomic E-state index is -0.203. The summed E-state index contributed by atoms with van der Waals surface area (Å²) in [6, 6.07) is 92.0. The smallest absolute Gasteiger partial charge is 0.362 e. The summed E-state index contributed by atoms with van der Waals surface area (Å²) in [4.78, 5) is 2.06. The molecule has 0 spiro atoms. The van der Waals surface area contributed by atoms with Crippen molar-refractivity contribution >= 4 is 131 Å². The molecule has 606 valence electrons. The molecule has 21 rings (SSSR count). The topological polar surface area (TPSA) is 67.9 Å². The van der Waals surface area contributed by atoms with E-state index in [4.69, 9.17) is 32.6 Å². The Labute approximate surface area is 713 Å². The number of hydrogen-bond acceptors (Lipinski definition) is 8. The molecule has 7 aliphatic heterocycles. The predicted octanol–water partition coefficient (Wildman–Crippen LogP) is 12.4. The Morgan fingerprint density at radius 1 is 0.238 bits per heavy atom. The number of fused-ring (bicyclic) bond motifs is 7. The summed E-state index contributed by atoms with van der Waals surface area (Å²) in [5.74, 6) is -1.38. The van der Waals surface area contributed by atoms with Crippen LogP contribution in [0.15, 0.2) is 297 Å². The normalized spacial score (nSPS) is 13.8. The highest BCUT2D eigenvalue weighted by molar-refractivity contribution is 6.84. The summed E-state index contributed by atoms with van der Waals surface area (Å²) in [5.41, 5.74) is 30.7. The van der Waals surface area contributed by atoms with Gasteiger partial charge in [0.2, 0.25) is 0 Å². The van der Waals surface area contributed by atoms with Crippen LogP contribution in [0.3, 0.4) is 0 Å². The largest absolute Gasteiger partial charge is 0.423 e. The van der Waals surface area contributed by atoms with Gasteiger partial charge < -0.3 is 37.5 Å². The van der Waals surface area contributed by atoms with E-state index in [1.807, 2.05) is 93.0 Å². The van der Waals surface area contributed by atoms with Crippen molar-refractivity contribution < 1.29 is 63.3 Å². The van der Waals surface area contributed by atoms with E-state index >= 15 is 0 Å². The molecule has 0 atom stereocenters. The van der Waals surface area contributed by atoms with Crippen molar-refractivity contribution in [2.75, 3.05) is 19.0 Å². The zero-order valence-corrected chi connectivity index (χ0v) is 69.4. The van der Waals surface area contributed by atoms with Gasteiger partial charge in [-0.15, -0.1) is 0 Å². The van der Waals surface area contributed by atoms with E-state index in [-0.39, 0.29) is 89.1 Å². The molecule has 0 saturated heterocycles. The lowest BCUT2D eigenvalue weighted by Crippen LogP contribution is -2.42. The molecule has 0 unspecified atom stereocenters. The number of rotatable bonds is 9. The van der Waals surface area contributed by atoms with Crippen LogP contribution in [-0.2, 0) is 85.2 Å². The van der Waals surface area contributed by atoms with Crippen LogP contribution < -0.4 is 81.4 Å². The van der Waals surface area contributed by atoms with Gasteiger partial charge in [0, 0.05) is 19.8 Å². The van der Waals surface area contributed by atoms with E-state index in [2.05, 4.69) is 180 Å². The van der Waals surface area contributed by atoms with E-state index < -0.39 is 0 Å². The van der Waals surface area contributed by atoms with E-state index in [9.17, 15) is 30.7 Å². The van der Waals surface area contributed by atoms with Crippen LogP contribution in [0.1, 0.15) is 79.2 Å². The number of halogens is 7. The lowest BCUT2D eigenvalue weighted by atomic mass is 9.55. The Balaban J connectivity index is 0.000000111. The van der Waals surface area contributed by atoms with Gasteiger partial charge >= 0.3 is 48.4 Å². The number of anilines is 1. The first-order valence-electron chi connectivity index (χ1n) is 41.1. The lowest BCUT2D eigenvalue weighted by Gasteiger charge is -2.14. The molecular weight excluding hydrogens is 1540 g/mol. The summed E-state index contributed by atoms with van der Waals surface area (Å²) in [6.07, 6.45) is 1.01. The summed E-state index contributed by atoms with van der Waals surface area (Å²) in [7, 11) is 4.03. The molecule has 22 heteroatoms. The summed E-state index contributed by atoms with van der Waals surface area (Å²) >= 11 is 0. The standard InChI is InChI=1S/C15H15BFNO.C15H14BFO.5C14H12BFO/c1-18(2)14-6-3-12(4-7-14)16-15-8-5-13(17)9-11(15)10-19-16;1-2-11-4-3-5-13(8-11)16-15-7-6-14(17)9-12(15)10-18-16;1-10-2-4-12(5-3-10)15-14-7-6-13(16)8-11(14)9-17-15;2*1-10-3-2-4-12(7-10)15-14-6-5-13(16)8-11(14)9-17-15;2*1-10-4-2-3-5-13(10)15-14-7-6-12(16)8-11(14)9-17-15/h3-9H,10H2,1-2H3;3-9H,2,10H2,1H3;5*2-8H,9H2,1H3. The summed E-state index contributed by atoms with van der Waals surface area (Å²) < 4.78 is 132. The first-order valence-corrected chi connectivity index (χ1v) is 41.1. The van der Waals surface area contributed by atoms with Crippen molar-refractivity contribution in [2.24, 2.45) is 0 Å². The van der Waals surface area contributed by atoms with Gasteiger partial charge in [-0.1, -0.05) is 235 Å². The van der Waals surface area contributed by atoms with Gasteiger partial charge in [-0.2, -0.15) is 0 Å². The molecule has 0 amide bonds. The minimum absolute atomic E-state index is 0.0490. The third kappa shape index (κ3) is 20.3. The van der Waals surface area contributed by atoms with E-state index in [1.165, 1.54) is 75.8 Å². The molecule has 7 aliphatic rings. The molecule has 8 nitrogen and oxygen atoms in total. The Bertz CT molecular complexity index is 5850. The zero-order valence-electron chi connectivity index (χ0n) is 69.4. The maximum atomic E-state index is 13.2. The first kappa shape index (κ1) is 85.5. The molecule has 0 fully saturated rings. The van der Waals surface area contributed by atoms with Crippen LogP contribution in [0.2, 0.25) is 0 Å². The van der Waals surface area contributed by atoms with Gasteiger partial charge in [-0.3, -0.25) is 0 Å². The van der Waals surface area contributed by atoms with E-state index in [1.54, 1.807) is 42.5 Å². The van der Waals surface area contributed by atoms with E-state index in [0.717, 1.165) is 128 Å². The molecule has 7 heterocycles. The van der Waals surface area contributed by atoms with Crippen molar-refractivity contribution in [3.05, 3.63) is 410 Å². The number of hydrogen-bond donors (Lipinski definition) is 0. The number of benzene rings is 14. The third-order valence-electron chi connectivity index (χ3n) is 22.9. The van der Waals surface area contributed by atoms with Gasteiger partial charge in [0.15, 0.2) is 0 Å². The maximum absolute atomic E-state index is 13.2. The quantitative estimate of drug-likeness (QED) is 0.105. The van der Waals surface area contributed by atoms with E-state index in [0.29, 0.717) is 46.2 Å². The van der Waals surface area contributed by atoms with Gasteiger partial charge in [0.1, 0.15) is 40.7 Å². The van der Waals surface area contributed by atoms with Crippen LogP contribution in [0.4, 0.5) is 36.4 Å². The Morgan fingerprint density at radius 2 is 0.500 bits per heavy atom. The van der Waals surface area contributed by atoms with Crippen LogP contribution in [0, 0.1) is 75.3 Å². The van der Waals surface area contributed by atoms with Gasteiger partial charge in [-0.25, -0.2) is 30.7 Å². The maximum Gasteiger partial charge on any atom is 0.362 e. The molecule has 122 heavy (non-hydrogen) atoms. The van der Waals surface area contributed by atoms with Gasteiger partial charge in [0.25, 0.3) is 0 Å². The van der Waals surface area contributed by atoms with Crippen molar-refractivity contribution in [3.8, 4) is 0 Å². The first-order chi connectivity index (χ1) is 59.1. The predicted molar refractivity (Wildman–Crippen MR) is 486 cm³/mol. The Kier molecular flexibility index (Phi) is 27.5. The van der Waals surface area contributed by atoms with Crippen LogP contribution in [0.25, 0.3) is 0 Å². The molecule has 14 aromatic rings. The molecule has 0 saturated carbocycles. The fourth-order valence-corrected chi connectivity index (χ4v) is 16.5. The van der Waals surface area contributed by atoms with Crippen LogP contribution in [-0.4, -0.2) is 62.5 Å². The second kappa shape index (κ2) is 39.2. The average molecular weight is 1630 g/mol. The summed E-state index contributed by atoms with van der Waals surface area (Å²) in [6.45, 7) is 15.5. The second-order valence-electron chi connectivity index (χ2n) is 31.8. The molecule has 0 bridgehead atoms. The fraction of sp³-hybridized carbons (Fsp3) is 0.160. The third-order valence-corrected chi connectivity index (χ3v) is 22.9. The monoisotopic (exact) mass is 1630 g/mol.